The summed E-state index contributed by atoms with van der Waals surface area (Å²) in [6.07, 6.45) is 5.78. The van der Waals surface area contributed by atoms with E-state index in [1.807, 2.05) is 0 Å². The smallest absolute Gasteiger partial charge is 0.0164 e. The van der Waals surface area contributed by atoms with Gasteiger partial charge in [0.2, 0.25) is 0 Å². The molecule has 0 fully saturated rings. The molecule has 0 spiro atoms. The summed E-state index contributed by atoms with van der Waals surface area (Å²) in [6, 6.07) is 0.312. The quantitative estimate of drug-likeness (QED) is 0.673. The third-order valence-electron chi connectivity index (χ3n) is 4.18. The first-order valence-corrected chi connectivity index (χ1v) is 5.82. The topological polar surface area (TPSA) is 26.0 Å². The fraction of sp³-hybridized carbons (Fsp3) is 0.846. The highest BCUT2D eigenvalue weighted by atomic mass is 14.7. The zero-order valence-corrected chi connectivity index (χ0v) is 10.2. The Hall–Kier alpha value is -0.300. The van der Waals surface area contributed by atoms with Crippen LogP contribution in [0.25, 0.3) is 0 Å². The predicted molar refractivity (Wildman–Crippen MR) is 63.0 cm³/mol. The lowest BCUT2D eigenvalue weighted by Crippen LogP contribution is -2.50. The van der Waals surface area contributed by atoms with E-state index in [0.717, 1.165) is 6.42 Å². The Morgan fingerprint density at radius 1 is 1.29 bits per heavy atom. The van der Waals surface area contributed by atoms with Crippen LogP contribution in [-0.2, 0) is 0 Å². The molecule has 0 aromatic heterocycles. The zero-order chi connectivity index (χ0) is 10.9. The van der Waals surface area contributed by atoms with E-state index >= 15 is 0 Å². The van der Waals surface area contributed by atoms with Gasteiger partial charge in [0.25, 0.3) is 0 Å². The molecule has 2 N–H and O–H groups in total. The molecule has 0 saturated heterocycles. The van der Waals surface area contributed by atoms with Gasteiger partial charge in [0.15, 0.2) is 0 Å². The van der Waals surface area contributed by atoms with Crippen LogP contribution in [0.15, 0.2) is 12.2 Å². The van der Waals surface area contributed by atoms with Crippen LogP contribution in [-0.4, -0.2) is 6.04 Å². The minimum atomic E-state index is 0.281. The van der Waals surface area contributed by atoms with Gasteiger partial charge in [-0.15, -0.1) is 0 Å². The normalized spacial score (nSPS) is 38.3. The van der Waals surface area contributed by atoms with Crippen molar-refractivity contribution in [2.45, 2.75) is 47.1 Å². The van der Waals surface area contributed by atoms with E-state index in [4.69, 9.17) is 5.73 Å². The van der Waals surface area contributed by atoms with Gasteiger partial charge in [0.05, 0.1) is 0 Å². The van der Waals surface area contributed by atoms with Crippen molar-refractivity contribution in [3.05, 3.63) is 12.2 Å². The van der Waals surface area contributed by atoms with Crippen LogP contribution in [0.5, 0.6) is 0 Å². The molecule has 0 aliphatic heterocycles. The first kappa shape index (κ1) is 11.8. The van der Waals surface area contributed by atoms with Crippen LogP contribution in [0, 0.1) is 23.2 Å². The molecule has 0 aromatic carbocycles. The molecule has 0 heterocycles. The van der Waals surface area contributed by atoms with Crippen LogP contribution in [0.1, 0.15) is 41.0 Å². The third kappa shape index (κ3) is 1.88. The third-order valence-corrected chi connectivity index (χ3v) is 4.18. The minimum Gasteiger partial charge on any atom is -0.327 e. The Labute approximate surface area is 88.8 Å². The summed E-state index contributed by atoms with van der Waals surface area (Å²) in [6.45, 7) is 11.4. The average molecular weight is 195 g/mol. The summed E-state index contributed by atoms with van der Waals surface area (Å²) in [4.78, 5) is 0. The Balaban J connectivity index is 2.90. The molecule has 0 aromatic rings. The molecule has 3 unspecified atom stereocenters. The van der Waals surface area contributed by atoms with Crippen molar-refractivity contribution >= 4 is 0 Å². The van der Waals surface area contributed by atoms with Crippen molar-refractivity contribution < 1.29 is 0 Å². The molecule has 0 bridgehead atoms. The van der Waals surface area contributed by atoms with E-state index < -0.39 is 0 Å². The number of hydrogen-bond acceptors (Lipinski definition) is 1. The number of hydrogen-bond donors (Lipinski definition) is 1. The Morgan fingerprint density at radius 3 is 2.29 bits per heavy atom. The maximum absolute atomic E-state index is 6.41. The summed E-state index contributed by atoms with van der Waals surface area (Å²) < 4.78 is 0. The van der Waals surface area contributed by atoms with Crippen molar-refractivity contribution in [1.82, 2.24) is 0 Å². The number of nitrogens with two attached hydrogens (primary N) is 1. The maximum Gasteiger partial charge on any atom is 0.0164 e. The van der Waals surface area contributed by atoms with Gasteiger partial charge in [-0.2, -0.15) is 0 Å². The van der Waals surface area contributed by atoms with Gasteiger partial charge in [0.1, 0.15) is 0 Å². The molecular weight excluding hydrogens is 170 g/mol. The van der Waals surface area contributed by atoms with Crippen molar-refractivity contribution in [3.63, 3.8) is 0 Å². The van der Waals surface area contributed by atoms with Gasteiger partial charge in [-0.25, -0.2) is 0 Å². The van der Waals surface area contributed by atoms with Crippen molar-refractivity contribution in [2.75, 3.05) is 0 Å². The van der Waals surface area contributed by atoms with E-state index in [-0.39, 0.29) is 5.41 Å². The van der Waals surface area contributed by atoms with Crippen molar-refractivity contribution in [3.8, 4) is 0 Å². The Kier molecular flexibility index (Phi) is 3.41. The molecule has 14 heavy (non-hydrogen) atoms. The van der Waals surface area contributed by atoms with Crippen molar-refractivity contribution in [1.29, 1.82) is 0 Å². The monoisotopic (exact) mass is 195 g/mol. The van der Waals surface area contributed by atoms with Gasteiger partial charge in [-0.3, -0.25) is 0 Å². The van der Waals surface area contributed by atoms with Gasteiger partial charge >= 0.3 is 0 Å². The largest absolute Gasteiger partial charge is 0.327 e. The summed E-state index contributed by atoms with van der Waals surface area (Å²) in [7, 11) is 0. The first-order valence-electron chi connectivity index (χ1n) is 5.82. The van der Waals surface area contributed by atoms with Gasteiger partial charge in [0, 0.05) is 6.04 Å². The molecule has 82 valence electrons. The summed E-state index contributed by atoms with van der Waals surface area (Å²) in [5.74, 6) is 1.86. The van der Waals surface area contributed by atoms with E-state index in [9.17, 15) is 0 Å². The predicted octanol–water partition coefficient (Wildman–Crippen LogP) is 3.21. The Morgan fingerprint density at radius 2 is 1.86 bits per heavy atom. The van der Waals surface area contributed by atoms with Crippen molar-refractivity contribution in [2.24, 2.45) is 28.9 Å². The molecule has 0 amide bonds. The molecule has 1 nitrogen and oxygen atoms in total. The van der Waals surface area contributed by atoms with Gasteiger partial charge in [-0.05, 0) is 29.6 Å². The second kappa shape index (κ2) is 4.06. The fourth-order valence-corrected chi connectivity index (χ4v) is 2.43. The van der Waals surface area contributed by atoms with Gasteiger partial charge in [-0.1, -0.05) is 46.8 Å². The van der Waals surface area contributed by atoms with Crippen LogP contribution in [0.2, 0.25) is 0 Å². The number of allylic oxidation sites excluding steroid dienone is 1. The summed E-state index contributed by atoms with van der Waals surface area (Å²) in [5.41, 5.74) is 6.69. The van der Waals surface area contributed by atoms with Crippen LogP contribution >= 0.6 is 0 Å². The SMILES string of the molecule is CC(C)C1C=CCC(C)(C(C)C)C1N. The van der Waals surface area contributed by atoms with E-state index in [0.29, 0.717) is 23.8 Å². The first-order chi connectivity index (χ1) is 6.39. The van der Waals surface area contributed by atoms with E-state index in [1.165, 1.54) is 0 Å². The molecule has 1 aliphatic carbocycles. The van der Waals surface area contributed by atoms with Gasteiger partial charge < -0.3 is 5.73 Å². The zero-order valence-electron chi connectivity index (χ0n) is 10.2. The van der Waals surface area contributed by atoms with Crippen LogP contribution < -0.4 is 5.73 Å². The lowest BCUT2D eigenvalue weighted by atomic mass is 9.62. The molecule has 3 atom stereocenters. The highest BCUT2D eigenvalue weighted by Gasteiger charge is 2.40. The van der Waals surface area contributed by atoms with Crippen LogP contribution in [0.4, 0.5) is 0 Å². The average Bonchev–Trinajstić information content (AvgIpc) is 2.09. The second-order valence-corrected chi connectivity index (χ2v) is 5.64. The molecule has 0 saturated carbocycles. The lowest BCUT2D eigenvalue weighted by Gasteiger charge is -2.45. The van der Waals surface area contributed by atoms with Crippen LogP contribution in [0.3, 0.4) is 0 Å². The standard InChI is InChI=1S/C13H25N/c1-9(2)11-7-6-8-13(5,10(3)4)12(11)14/h6-7,9-12H,8,14H2,1-5H3. The highest BCUT2D eigenvalue weighted by molar-refractivity contribution is 5.09. The molecular formula is C13H25N. The Bertz CT molecular complexity index is 217. The fourth-order valence-electron chi connectivity index (χ4n) is 2.43. The summed E-state index contributed by atoms with van der Waals surface area (Å²) in [5, 5.41) is 0. The maximum atomic E-state index is 6.41. The number of rotatable bonds is 2. The van der Waals surface area contributed by atoms with E-state index in [1.54, 1.807) is 0 Å². The summed E-state index contributed by atoms with van der Waals surface area (Å²) >= 11 is 0. The minimum absolute atomic E-state index is 0.281. The highest BCUT2D eigenvalue weighted by Crippen LogP contribution is 2.42. The molecule has 1 heteroatoms. The van der Waals surface area contributed by atoms with E-state index in [2.05, 4.69) is 46.8 Å². The molecule has 0 radical (unpaired) electrons. The lowest BCUT2D eigenvalue weighted by molar-refractivity contribution is 0.115. The molecule has 1 rings (SSSR count). The molecule has 1 aliphatic rings. The second-order valence-electron chi connectivity index (χ2n) is 5.64.